The Labute approximate surface area is 140 Å². The van der Waals surface area contributed by atoms with E-state index in [2.05, 4.69) is 33.8 Å². The van der Waals surface area contributed by atoms with Crippen LogP contribution in [0.2, 0.25) is 0 Å². The monoisotopic (exact) mass is 335 g/mol. The van der Waals surface area contributed by atoms with Gasteiger partial charge in [0, 0.05) is 43.3 Å². The van der Waals surface area contributed by atoms with Crippen molar-refractivity contribution in [3.8, 4) is 0 Å². The molecule has 5 heteroatoms. The van der Waals surface area contributed by atoms with Crippen LogP contribution in [0.4, 0.5) is 4.79 Å². The molecular formula is C17H23N2OS2+. The van der Waals surface area contributed by atoms with Crippen molar-refractivity contribution in [3.63, 3.8) is 0 Å². The summed E-state index contributed by atoms with van der Waals surface area (Å²) < 4.78 is 0. The van der Waals surface area contributed by atoms with Gasteiger partial charge in [0.15, 0.2) is 4.86 Å². The molecule has 2 aliphatic rings. The number of urea groups is 1. The standard InChI is InChI=1S/C17H23N2OS2/c1-9-7-13(11(3)21-9)15-16(19(6)17(20)18(15)5)14-8-10(2)22-12(14)4/h7,15-16H,8H2,1-6H3/q+1. The molecule has 22 heavy (non-hydrogen) atoms. The number of likely N-dealkylation sites (N-methyl/N-ethyl adjacent to an activating group) is 2. The molecule has 0 aliphatic carbocycles. The Morgan fingerprint density at radius 2 is 1.77 bits per heavy atom. The summed E-state index contributed by atoms with van der Waals surface area (Å²) in [6.07, 6.45) is 1.01. The Morgan fingerprint density at radius 1 is 1.14 bits per heavy atom. The second-order valence-electron chi connectivity index (χ2n) is 6.32. The van der Waals surface area contributed by atoms with Crippen LogP contribution in [0.25, 0.3) is 0 Å². The zero-order chi connectivity index (χ0) is 16.2. The molecule has 1 aromatic rings. The number of aryl methyl sites for hydroxylation is 2. The molecule has 1 fully saturated rings. The van der Waals surface area contributed by atoms with Gasteiger partial charge >= 0.3 is 6.03 Å². The predicted octanol–water partition coefficient (Wildman–Crippen LogP) is 3.72. The Kier molecular flexibility index (Phi) is 3.89. The average Bonchev–Trinajstić information content (AvgIpc) is 3.01. The average molecular weight is 336 g/mol. The Bertz CT molecular complexity index is 702. The van der Waals surface area contributed by atoms with Crippen molar-refractivity contribution >= 4 is 33.6 Å². The summed E-state index contributed by atoms with van der Waals surface area (Å²) >= 11 is 3.69. The van der Waals surface area contributed by atoms with E-state index in [4.69, 9.17) is 0 Å². The van der Waals surface area contributed by atoms with Gasteiger partial charge in [-0.1, -0.05) is 0 Å². The lowest BCUT2D eigenvalue weighted by Crippen LogP contribution is -2.32. The lowest BCUT2D eigenvalue weighted by atomic mass is 9.91. The first-order chi connectivity index (χ1) is 10.3. The van der Waals surface area contributed by atoms with E-state index in [1.165, 1.54) is 30.7 Å². The van der Waals surface area contributed by atoms with Crippen LogP contribution in [0.15, 0.2) is 16.5 Å². The highest BCUT2D eigenvalue weighted by Gasteiger charge is 2.48. The van der Waals surface area contributed by atoms with E-state index in [0.717, 1.165) is 6.42 Å². The zero-order valence-corrected chi connectivity index (χ0v) is 15.7. The molecule has 0 bridgehead atoms. The van der Waals surface area contributed by atoms with Gasteiger partial charge in [-0.15, -0.1) is 11.3 Å². The molecule has 2 unspecified atom stereocenters. The van der Waals surface area contributed by atoms with Crippen LogP contribution in [-0.2, 0) is 11.4 Å². The van der Waals surface area contributed by atoms with E-state index in [9.17, 15) is 4.79 Å². The molecule has 2 amide bonds. The van der Waals surface area contributed by atoms with Crippen molar-refractivity contribution < 1.29 is 4.79 Å². The van der Waals surface area contributed by atoms with Crippen molar-refractivity contribution in [3.05, 3.63) is 31.9 Å². The Hall–Kier alpha value is -1.20. The molecule has 1 aromatic heterocycles. The first kappa shape index (κ1) is 15.7. The maximum atomic E-state index is 12.6. The van der Waals surface area contributed by atoms with E-state index in [0.29, 0.717) is 0 Å². The third kappa shape index (κ3) is 2.31. The Morgan fingerprint density at radius 3 is 2.27 bits per heavy atom. The first-order valence-corrected chi connectivity index (χ1v) is 9.21. The predicted molar refractivity (Wildman–Crippen MR) is 96.6 cm³/mol. The van der Waals surface area contributed by atoms with Gasteiger partial charge < -0.3 is 9.80 Å². The van der Waals surface area contributed by atoms with Crippen molar-refractivity contribution in [2.75, 3.05) is 14.1 Å². The molecule has 3 rings (SSSR count). The fourth-order valence-corrected chi connectivity index (χ4v) is 5.77. The van der Waals surface area contributed by atoms with E-state index >= 15 is 0 Å². The molecule has 0 saturated carbocycles. The minimum Gasteiger partial charge on any atom is -0.318 e. The smallest absolute Gasteiger partial charge is 0.318 e. The van der Waals surface area contributed by atoms with Crippen LogP contribution >= 0.6 is 11.3 Å². The van der Waals surface area contributed by atoms with E-state index in [1.807, 2.05) is 46.6 Å². The zero-order valence-electron chi connectivity index (χ0n) is 14.1. The van der Waals surface area contributed by atoms with Gasteiger partial charge in [0.1, 0.15) is 0 Å². The maximum Gasteiger partial charge on any atom is 0.320 e. The molecule has 0 spiro atoms. The van der Waals surface area contributed by atoms with Crippen molar-refractivity contribution in [2.45, 2.75) is 46.2 Å². The quantitative estimate of drug-likeness (QED) is 0.597. The third-order valence-electron chi connectivity index (χ3n) is 4.71. The molecule has 3 heterocycles. The van der Waals surface area contributed by atoms with Gasteiger partial charge in [-0.2, -0.15) is 0 Å². The van der Waals surface area contributed by atoms with Gasteiger partial charge in [-0.05, 0) is 25.5 Å². The van der Waals surface area contributed by atoms with Crippen LogP contribution in [0.1, 0.15) is 41.6 Å². The summed E-state index contributed by atoms with van der Waals surface area (Å²) in [4.78, 5) is 21.9. The lowest BCUT2D eigenvalue weighted by Gasteiger charge is -2.26. The number of allylic oxidation sites excluding steroid dienone is 1. The maximum absolute atomic E-state index is 12.6. The van der Waals surface area contributed by atoms with Crippen LogP contribution in [0.3, 0.4) is 0 Å². The molecule has 2 atom stereocenters. The summed E-state index contributed by atoms with van der Waals surface area (Å²) in [5.74, 6) is 0. The summed E-state index contributed by atoms with van der Waals surface area (Å²) in [7, 11) is 3.88. The number of hydrogen-bond donors (Lipinski definition) is 0. The van der Waals surface area contributed by atoms with E-state index < -0.39 is 0 Å². The highest BCUT2D eigenvalue weighted by atomic mass is 32.1. The minimum absolute atomic E-state index is 0.119. The number of hydrogen-bond acceptors (Lipinski definition) is 2. The number of carbonyl (C=O) groups is 1. The highest BCUT2D eigenvalue weighted by Crippen LogP contribution is 2.43. The fraction of sp³-hybridized carbons (Fsp3) is 0.529. The van der Waals surface area contributed by atoms with E-state index in [-0.39, 0.29) is 18.1 Å². The van der Waals surface area contributed by atoms with Gasteiger partial charge in [-0.3, -0.25) is 0 Å². The van der Waals surface area contributed by atoms with E-state index in [1.54, 1.807) is 0 Å². The van der Waals surface area contributed by atoms with Crippen LogP contribution < -0.4 is 0 Å². The molecular weight excluding hydrogens is 312 g/mol. The van der Waals surface area contributed by atoms with Gasteiger partial charge in [0.2, 0.25) is 16.3 Å². The third-order valence-corrected chi connectivity index (χ3v) is 6.75. The number of amides is 2. The number of thiophene rings is 1. The van der Waals surface area contributed by atoms with Crippen molar-refractivity contribution in [1.82, 2.24) is 9.80 Å². The molecule has 3 nitrogen and oxygen atoms in total. The highest BCUT2D eigenvalue weighted by molar-refractivity contribution is 7.83. The lowest BCUT2D eigenvalue weighted by molar-refractivity contribution is 0.200. The largest absolute Gasteiger partial charge is 0.320 e. The topological polar surface area (TPSA) is 23.6 Å². The second-order valence-corrected chi connectivity index (χ2v) is 9.30. The molecule has 2 aliphatic heterocycles. The first-order valence-electron chi connectivity index (χ1n) is 7.57. The van der Waals surface area contributed by atoms with Crippen molar-refractivity contribution in [1.29, 1.82) is 0 Å². The van der Waals surface area contributed by atoms with Gasteiger partial charge in [0.05, 0.1) is 18.5 Å². The molecule has 1 saturated heterocycles. The number of carbonyl (C=O) groups excluding carboxylic acids is 1. The minimum atomic E-state index is 0.119. The second kappa shape index (κ2) is 5.46. The number of rotatable bonds is 2. The normalized spacial score (nSPS) is 25.5. The van der Waals surface area contributed by atoms with Crippen LogP contribution in [-0.4, -0.2) is 40.8 Å². The molecule has 0 aromatic carbocycles. The van der Waals surface area contributed by atoms with Crippen LogP contribution in [0, 0.1) is 13.8 Å². The van der Waals surface area contributed by atoms with Gasteiger partial charge in [-0.25, -0.2) is 4.79 Å². The number of nitrogens with zero attached hydrogens (tertiary/aromatic N) is 2. The Balaban J connectivity index is 2.08. The summed E-state index contributed by atoms with van der Waals surface area (Å²) in [6.45, 7) is 8.69. The summed E-state index contributed by atoms with van der Waals surface area (Å²) in [5, 5.41) is 0. The van der Waals surface area contributed by atoms with Gasteiger partial charge in [0.25, 0.3) is 0 Å². The molecule has 118 valence electrons. The summed E-state index contributed by atoms with van der Waals surface area (Å²) in [5.41, 5.74) is 2.72. The molecule has 0 N–H and O–H groups in total. The van der Waals surface area contributed by atoms with Crippen LogP contribution in [0.5, 0.6) is 0 Å². The SMILES string of the molecule is CC1=[S+]C(C)=C(C2C(c3cc(C)sc3C)N(C)C(=O)N2C)C1. The molecule has 0 radical (unpaired) electrons. The fourth-order valence-electron chi connectivity index (χ4n) is 3.73. The van der Waals surface area contributed by atoms with Crippen molar-refractivity contribution in [2.24, 2.45) is 0 Å². The summed E-state index contributed by atoms with van der Waals surface area (Å²) in [6, 6.07) is 2.65.